The number of allylic oxidation sites excluding steroid dienone is 1. The van der Waals surface area contributed by atoms with Gasteiger partial charge in [-0.25, -0.2) is 4.98 Å². The van der Waals surface area contributed by atoms with E-state index < -0.39 is 0 Å². The van der Waals surface area contributed by atoms with Gasteiger partial charge in [-0.1, -0.05) is 6.58 Å². The van der Waals surface area contributed by atoms with E-state index in [0.29, 0.717) is 12.0 Å². The summed E-state index contributed by atoms with van der Waals surface area (Å²) < 4.78 is 2.25. The third-order valence-corrected chi connectivity index (χ3v) is 7.23. The van der Waals surface area contributed by atoms with Crippen LogP contribution in [-0.4, -0.2) is 38.2 Å². The Labute approximate surface area is 146 Å². The van der Waals surface area contributed by atoms with E-state index in [2.05, 4.69) is 32.5 Å². The molecule has 5 heterocycles. The van der Waals surface area contributed by atoms with E-state index in [-0.39, 0.29) is 12.1 Å². The van der Waals surface area contributed by atoms with Gasteiger partial charge in [-0.15, -0.1) is 11.3 Å². The Morgan fingerprint density at radius 2 is 2.33 bits per heavy atom. The number of nitrogens with zero attached hydrogens (tertiary/aromatic N) is 3. The van der Waals surface area contributed by atoms with Gasteiger partial charge >= 0.3 is 0 Å². The average Bonchev–Trinajstić information content (AvgIpc) is 3.33. The van der Waals surface area contributed by atoms with Crippen molar-refractivity contribution in [2.75, 3.05) is 6.54 Å². The quantitative estimate of drug-likeness (QED) is 0.926. The van der Waals surface area contributed by atoms with Crippen LogP contribution in [0.1, 0.15) is 43.0 Å². The van der Waals surface area contributed by atoms with Crippen LogP contribution in [0.15, 0.2) is 36.2 Å². The topological polar surface area (TPSA) is 41.3 Å². The second-order valence-electron chi connectivity index (χ2n) is 7.44. The number of fused-ring (bicyclic) bond motifs is 4. The number of rotatable bonds is 3. The Balaban J connectivity index is 1.33. The predicted octanol–water partition coefficient (Wildman–Crippen LogP) is 3.65. The SMILES string of the molecule is C=C1CC[C@H]2C[C@@H]([C@H](O)C[C@@H]3c4sccc4-c4cncn43)CCN12. The van der Waals surface area contributed by atoms with Crippen LogP contribution in [0, 0.1) is 5.92 Å². The van der Waals surface area contributed by atoms with Gasteiger partial charge in [0, 0.05) is 28.7 Å². The Morgan fingerprint density at radius 3 is 3.25 bits per heavy atom. The number of aliphatic hydroxyl groups excluding tert-OH is 1. The number of aromatic nitrogens is 2. The standard InChI is InChI=1S/C19H23N3OS/c1-12-2-3-14-8-13(4-6-21(12)14)18(23)9-16-19-15(5-7-24-19)17-10-20-11-22(16)17/h5,7,10-11,13-14,16,18,23H,1-4,6,8-9H2/t13-,14-,16+,18+/m0/s1. The fourth-order valence-electron chi connectivity index (χ4n) is 4.92. The molecule has 4 atom stereocenters. The molecule has 2 fully saturated rings. The molecule has 2 aromatic heterocycles. The van der Waals surface area contributed by atoms with Gasteiger partial charge in [0.25, 0.3) is 0 Å². The summed E-state index contributed by atoms with van der Waals surface area (Å²) in [5.74, 6) is 0.410. The van der Waals surface area contributed by atoms with Crippen molar-refractivity contribution >= 4 is 11.3 Å². The van der Waals surface area contributed by atoms with E-state index in [0.717, 1.165) is 32.2 Å². The molecule has 2 aromatic rings. The molecule has 3 aliphatic rings. The van der Waals surface area contributed by atoms with Crippen LogP contribution >= 0.6 is 11.3 Å². The van der Waals surface area contributed by atoms with E-state index in [1.807, 2.05) is 12.5 Å². The lowest BCUT2D eigenvalue weighted by Crippen LogP contribution is -2.41. The number of hydrogen-bond donors (Lipinski definition) is 1. The Kier molecular flexibility index (Phi) is 3.35. The molecular weight excluding hydrogens is 318 g/mol. The minimum atomic E-state index is -0.241. The molecule has 0 aliphatic carbocycles. The van der Waals surface area contributed by atoms with Gasteiger partial charge in [0.05, 0.1) is 30.4 Å². The maximum atomic E-state index is 11.0. The monoisotopic (exact) mass is 341 g/mol. The zero-order valence-corrected chi connectivity index (χ0v) is 14.6. The number of aliphatic hydroxyl groups is 1. The molecule has 5 heteroatoms. The summed E-state index contributed by atoms with van der Waals surface area (Å²) in [6.45, 7) is 5.25. The first kappa shape index (κ1) is 14.7. The van der Waals surface area contributed by atoms with Gasteiger partial charge in [0.1, 0.15) is 0 Å². The molecule has 3 aliphatic heterocycles. The van der Waals surface area contributed by atoms with Gasteiger partial charge in [-0.2, -0.15) is 0 Å². The number of thiophene rings is 1. The van der Waals surface area contributed by atoms with Crippen LogP contribution in [-0.2, 0) is 0 Å². The van der Waals surface area contributed by atoms with Gasteiger partial charge < -0.3 is 14.6 Å². The average molecular weight is 341 g/mol. The minimum Gasteiger partial charge on any atom is -0.393 e. The number of hydrogen-bond acceptors (Lipinski definition) is 4. The van der Waals surface area contributed by atoms with Gasteiger partial charge in [-0.3, -0.25) is 0 Å². The molecular formula is C19H23N3OS. The number of imidazole rings is 1. The van der Waals surface area contributed by atoms with E-state index >= 15 is 0 Å². The lowest BCUT2D eigenvalue weighted by atomic mass is 9.84. The zero-order valence-electron chi connectivity index (χ0n) is 13.8. The summed E-state index contributed by atoms with van der Waals surface area (Å²) in [7, 11) is 0. The Hall–Kier alpha value is -1.59. The smallest absolute Gasteiger partial charge is 0.0957 e. The normalized spacial score (nSPS) is 29.5. The highest BCUT2D eigenvalue weighted by Gasteiger charge is 2.38. The van der Waals surface area contributed by atoms with Crippen LogP contribution < -0.4 is 0 Å². The number of piperidine rings is 1. The van der Waals surface area contributed by atoms with Crippen LogP contribution in [0.4, 0.5) is 0 Å². The van der Waals surface area contributed by atoms with E-state index in [1.54, 1.807) is 11.3 Å². The van der Waals surface area contributed by atoms with Gasteiger partial charge in [-0.05, 0) is 49.5 Å². The highest BCUT2D eigenvalue weighted by Crippen LogP contribution is 2.46. The van der Waals surface area contributed by atoms with Gasteiger partial charge in [0.15, 0.2) is 0 Å². The zero-order chi connectivity index (χ0) is 16.3. The van der Waals surface area contributed by atoms with Crippen molar-refractivity contribution in [1.29, 1.82) is 0 Å². The maximum absolute atomic E-state index is 11.0. The molecule has 24 heavy (non-hydrogen) atoms. The van der Waals surface area contributed by atoms with E-state index in [4.69, 9.17) is 0 Å². The molecule has 5 rings (SSSR count). The molecule has 0 spiro atoms. The van der Waals surface area contributed by atoms with Crippen molar-refractivity contribution in [2.45, 2.75) is 50.3 Å². The lowest BCUT2D eigenvalue weighted by Gasteiger charge is -2.39. The van der Waals surface area contributed by atoms with Crippen LogP contribution in [0.5, 0.6) is 0 Å². The summed E-state index contributed by atoms with van der Waals surface area (Å²) in [5.41, 5.74) is 3.80. The summed E-state index contributed by atoms with van der Waals surface area (Å²) >= 11 is 1.81. The first-order valence-corrected chi connectivity index (χ1v) is 9.82. The second kappa shape index (κ2) is 5.46. The van der Waals surface area contributed by atoms with Crippen LogP contribution in [0.3, 0.4) is 0 Å². The molecule has 126 valence electrons. The Morgan fingerprint density at radius 1 is 1.42 bits per heavy atom. The van der Waals surface area contributed by atoms with Crippen molar-refractivity contribution in [3.05, 3.63) is 41.1 Å². The minimum absolute atomic E-state index is 0.241. The third kappa shape index (κ3) is 2.11. The lowest BCUT2D eigenvalue weighted by molar-refractivity contribution is 0.0404. The first-order chi connectivity index (χ1) is 11.7. The molecule has 4 nitrogen and oxygen atoms in total. The fraction of sp³-hybridized carbons (Fsp3) is 0.526. The first-order valence-electron chi connectivity index (χ1n) is 8.94. The van der Waals surface area contributed by atoms with Crippen molar-refractivity contribution in [3.63, 3.8) is 0 Å². The molecule has 0 radical (unpaired) electrons. The molecule has 0 aromatic carbocycles. The molecule has 2 saturated heterocycles. The molecule has 0 bridgehead atoms. The largest absolute Gasteiger partial charge is 0.393 e. The highest BCUT2D eigenvalue weighted by molar-refractivity contribution is 7.10. The summed E-state index contributed by atoms with van der Waals surface area (Å²) in [6, 6.07) is 3.04. The van der Waals surface area contributed by atoms with Crippen molar-refractivity contribution in [3.8, 4) is 11.3 Å². The molecule has 0 amide bonds. The summed E-state index contributed by atoms with van der Waals surface area (Å²) in [6.07, 6.45) is 8.96. The van der Waals surface area contributed by atoms with Crippen molar-refractivity contribution < 1.29 is 5.11 Å². The summed E-state index contributed by atoms with van der Waals surface area (Å²) in [4.78, 5) is 8.18. The maximum Gasteiger partial charge on any atom is 0.0957 e. The van der Waals surface area contributed by atoms with Crippen LogP contribution in [0.25, 0.3) is 11.3 Å². The van der Waals surface area contributed by atoms with Gasteiger partial charge in [0.2, 0.25) is 0 Å². The highest BCUT2D eigenvalue weighted by atomic mass is 32.1. The van der Waals surface area contributed by atoms with E-state index in [1.165, 1.54) is 28.3 Å². The van der Waals surface area contributed by atoms with Crippen molar-refractivity contribution in [2.24, 2.45) is 5.92 Å². The third-order valence-electron chi connectivity index (χ3n) is 6.21. The Bertz CT molecular complexity index is 739. The van der Waals surface area contributed by atoms with E-state index in [9.17, 15) is 5.11 Å². The molecule has 1 N–H and O–H groups in total. The van der Waals surface area contributed by atoms with Crippen molar-refractivity contribution in [1.82, 2.24) is 14.5 Å². The summed E-state index contributed by atoms with van der Waals surface area (Å²) in [5, 5.41) is 13.1. The van der Waals surface area contributed by atoms with Crippen LogP contribution in [0.2, 0.25) is 0 Å². The molecule has 0 saturated carbocycles. The predicted molar refractivity (Wildman–Crippen MR) is 95.9 cm³/mol. The second-order valence-corrected chi connectivity index (χ2v) is 8.39. The fourth-order valence-corrected chi connectivity index (χ4v) is 5.94. The molecule has 0 unspecified atom stereocenters.